The molecule has 25 heavy (non-hydrogen) atoms. The molecule has 1 fully saturated rings. The quantitative estimate of drug-likeness (QED) is 0.767. The van der Waals surface area contributed by atoms with Gasteiger partial charge in [-0.05, 0) is 24.6 Å². The fourth-order valence-corrected chi connectivity index (χ4v) is 5.19. The summed E-state index contributed by atoms with van der Waals surface area (Å²) in [4.78, 5) is 24.5. The molecule has 2 aliphatic heterocycles. The highest BCUT2D eigenvalue weighted by atomic mass is 79.9. The van der Waals surface area contributed by atoms with Crippen molar-refractivity contribution >= 4 is 60.6 Å². The third kappa shape index (κ3) is 4.21. The maximum atomic E-state index is 12.4. The van der Waals surface area contributed by atoms with Gasteiger partial charge in [-0.15, -0.1) is 0 Å². The summed E-state index contributed by atoms with van der Waals surface area (Å²) < 4.78 is 24.0. The van der Waals surface area contributed by atoms with Gasteiger partial charge in [0.25, 0.3) is 5.91 Å². The van der Waals surface area contributed by atoms with Gasteiger partial charge >= 0.3 is 0 Å². The lowest BCUT2D eigenvalue weighted by Gasteiger charge is -2.27. The smallest absolute Gasteiger partial charge is 0.271 e. The molecule has 2 heterocycles. The number of sulfone groups is 1. The van der Waals surface area contributed by atoms with Gasteiger partial charge in [-0.2, -0.15) is 5.10 Å². The molecule has 7 nitrogen and oxygen atoms in total. The van der Waals surface area contributed by atoms with Crippen LogP contribution >= 0.6 is 27.5 Å². The zero-order chi connectivity index (χ0) is 18.2. The summed E-state index contributed by atoms with van der Waals surface area (Å²) in [5, 5.41) is 8.32. The molecule has 0 aromatic heterocycles. The number of nitrogens with one attached hydrogen (secondary N) is 1. The summed E-state index contributed by atoms with van der Waals surface area (Å²) in [7, 11) is -3.15. The van der Waals surface area contributed by atoms with E-state index >= 15 is 0 Å². The Hall–Kier alpha value is -1.45. The number of halogens is 2. The van der Waals surface area contributed by atoms with Crippen LogP contribution in [0.25, 0.3) is 0 Å². The number of benzene rings is 1. The van der Waals surface area contributed by atoms with E-state index in [1.807, 2.05) is 0 Å². The number of anilines is 1. The Balaban J connectivity index is 1.77. The Morgan fingerprint density at radius 1 is 1.36 bits per heavy atom. The Bertz CT molecular complexity index is 872. The standard InChI is InChI=1S/C15H15BrClN3O4S/c16-9-1-2-12(11(17)7-9)18-15(22)13-3-4-14(21)20(19-13)10-5-6-25(23,24)8-10/h1-2,7,10H,3-6,8H2,(H,18,22)/t10-/m0/s1. The molecular formula is C15H15BrClN3O4S. The number of carbonyl (C=O) groups is 2. The summed E-state index contributed by atoms with van der Waals surface area (Å²) in [6.07, 6.45) is 0.663. The highest BCUT2D eigenvalue weighted by Crippen LogP contribution is 2.26. The molecule has 1 saturated heterocycles. The first-order valence-electron chi connectivity index (χ1n) is 7.61. The topological polar surface area (TPSA) is 95.9 Å². The number of rotatable bonds is 3. The normalized spacial score (nSPS) is 22.6. The second kappa shape index (κ2) is 7.05. The van der Waals surface area contributed by atoms with Crippen molar-refractivity contribution in [1.29, 1.82) is 0 Å². The second-order valence-electron chi connectivity index (χ2n) is 5.92. The maximum absolute atomic E-state index is 12.4. The number of hydrazone groups is 1. The minimum absolute atomic E-state index is 0.0347. The van der Waals surface area contributed by atoms with Gasteiger partial charge in [0.15, 0.2) is 9.84 Å². The van der Waals surface area contributed by atoms with Crippen LogP contribution in [0.2, 0.25) is 5.02 Å². The fourth-order valence-electron chi connectivity index (χ4n) is 2.77. The molecule has 0 bridgehead atoms. The third-order valence-electron chi connectivity index (χ3n) is 4.06. The molecular weight excluding hydrogens is 434 g/mol. The van der Waals surface area contributed by atoms with Crippen LogP contribution in [0.5, 0.6) is 0 Å². The van der Waals surface area contributed by atoms with Crippen molar-refractivity contribution in [3.05, 3.63) is 27.7 Å². The van der Waals surface area contributed by atoms with Crippen LogP contribution in [-0.4, -0.2) is 48.5 Å². The first kappa shape index (κ1) is 18.3. The largest absolute Gasteiger partial charge is 0.320 e. The van der Waals surface area contributed by atoms with E-state index in [1.165, 1.54) is 0 Å². The van der Waals surface area contributed by atoms with Gasteiger partial charge < -0.3 is 5.32 Å². The summed E-state index contributed by atoms with van der Waals surface area (Å²) in [6.45, 7) is 0. The van der Waals surface area contributed by atoms with E-state index in [0.29, 0.717) is 17.1 Å². The molecule has 134 valence electrons. The number of amides is 2. The monoisotopic (exact) mass is 447 g/mol. The molecule has 0 spiro atoms. The van der Waals surface area contributed by atoms with Crippen molar-refractivity contribution in [3.8, 4) is 0 Å². The molecule has 2 amide bonds. The van der Waals surface area contributed by atoms with Crippen molar-refractivity contribution in [2.75, 3.05) is 16.8 Å². The average molecular weight is 449 g/mol. The molecule has 1 aromatic carbocycles. The van der Waals surface area contributed by atoms with Gasteiger partial charge in [-0.25, -0.2) is 13.4 Å². The summed E-state index contributed by atoms with van der Waals surface area (Å²) in [6, 6.07) is 4.54. The molecule has 1 aromatic rings. The van der Waals surface area contributed by atoms with Crippen LogP contribution in [0.4, 0.5) is 5.69 Å². The van der Waals surface area contributed by atoms with E-state index in [9.17, 15) is 18.0 Å². The zero-order valence-corrected chi connectivity index (χ0v) is 16.2. The van der Waals surface area contributed by atoms with Gasteiger partial charge in [-0.3, -0.25) is 9.59 Å². The third-order valence-corrected chi connectivity index (χ3v) is 6.61. The number of hydrogen-bond acceptors (Lipinski definition) is 5. The molecule has 1 N–H and O–H groups in total. The minimum atomic E-state index is -3.15. The van der Waals surface area contributed by atoms with Crippen LogP contribution in [0.3, 0.4) is 0 Å². The molecule has 2 aliphatic rings. The van der Waals surface area contributed by atoms with Gasteiger partial charge in [0.1, 0.15) is 5.71 Å². The lowest BCUT2D eigenvalue weighted by molar-refractivity contribution is -0.133. The number of nitrogens with zero attached hydrogens (tertiary/aromatic N) is 2. The molecule has 0 radical (unpaired) electrons. The molecule has 1 atom stereocenters. The van der Waals surface area contributed by atoms with Crippen molar-refractivity contribution in [2.24, 2.45) is 5.10 Å². The van der Waals surface area contributed by atoms with Crippen molar-refractivity contribution in [3.63, 3.8) is 0 Å². The summed E-state index contributed by atoms with van der Waals surface area (Å²) >= 11 is 9.37. The van der Waals surface area contributed by atoms with E-state index in [0.717, 1.165) is 9.48 Å². The lowest BCUT2D eigenvalue weighted by Crippen LogP contribution is -2.42. The molecule has 0 unspecified atom stereocenters. The maximum Gasteiger partial charge on any atom is 0.271 e. The van der Waals surface area contributed by atoms with Crippen LogP contribution in [0, 0.1) is 0 Å². The van der Waals surface area contributed by atoms with Crippen molar-refractivity contribution in [1.82, 2.24) is 5.01 Å². The zero-order valence-electron chi connectivity index (χ0n) is 13.0. The van der Waals surface area contributed by atoms with Crippen LogP contribution in [0.1, 0.15) is 19.3 Å². The first-order valence-corrected chi connectivity index (χ1v) is 10.6. The second-order valence-corrected chi connectivity index (χ2v) is 9.47. The minimum Gasteiger partial charge on any atom is -0.320 e. The van der Waals surface area contributed by atoms with Crippen LogP contribution in [-0.2, 0) is 19.4 Å². The Morgan fingerprint density at radius 3 is 2.76 bits per heavy atom. The Morgan fingerprint density at radius 2 is 2.12 bits per heavy atom. The molecule has 0 saturated carbocycles. The predicted molar refractivity (Wildman–Crippen MR) is 98.4 cm³/mol. The van der Waals surface area contributed by atoms with Gasteiger partial charge in [0.2, 0.25) is 5.91 Å². The molecule has 10 heteroatoms. The molecule has 3 rings (SSSR count). The predicted octanol–water partition coefficient (Wildman–Crippen LogP) is 2.21. The SMILES string of the molecule is O=C(Nc1ccc(Br)cc1Cl)C1=NN([C@H]2CCS(=O)(=O)C2)C(=O)CC1. The fraction of sp³-hybridized carbons (Fsp3) is 0.400. The highest BCUT2D eigenvalue weighted by molar-refractivity contribution is 9.10. The van der Waals surface area contributed by atoms with Gasteiger partial charge in [0, 0.05) is 17.3 Å². The van der Waals surface area contributed by atoms with Crippen LogP contribution in [0.15, 0.2) is 27.8 Å². The van der Waals surface area contributed by atoms with E-state index in [4.69, 9.17) is 11.6 Å². The number of hydrogen-bond donors (Lipinski definition) is 1. The lowest BCUT2D eigenvalue weighted by atomic mass is 10.1. The average Bonchev–Trinajstić information content (AvgIpc) is 2.90. The van der Waals surface area contributed by atoms with Crippen molar-refractivity contribution < 1.29 is 18.0 Å². The van der Waals surface area contributed by atoms with Gasteiger partial charge in [-0.1, -0.05) is 27.5 Å². The Kier molecular flexibility index (Phi) is 5.17. The van der Waals surface area contributed by atoms with E-state index in [1.54, 1.807) is 18.2 Å². The Labute approximate surface area is 158 Å². The summed E-state index contributed by atoms with van der Waals surface area (Å²) in [5.41, 5.74) is 0.618. The van der Waals surface area contributed by atoms with Gasteiger partial charge in [0.05, 0.1) is 28.3 Å². The van der Waals surface area contributed by atoms with Crippen molar-refractivity contribution in [2.45, 2.75) is 25.3 Å². The van der Waals surface area contributed by atoms with Crippen LogP contribution < -0.4 is 5.32 Å². The van der Waals surface area contributed by atoms with E-state index in [2.05, 4.69) is 26.3 Å². The summed E-state index contributed by atoms with van der Waals surface area (Å²) in [5.74, 6) is -0.800. The number of carbonyl (C=O) groups excluding carboxylic acids is 2. The molecule has 0 aliphatic carbocycles. The van der Waals surface area contributed by atoms with E-state index in [-0.39, 0.29) is 36.0 Å². The first-order chi connectivity index (χ1) is 11.7. The highest BCUT2D eigenvalue weighted by Gasteiger charge is 2.37. The van der Waals surface area contributed by atoms with E-state index < -0.39 is 21.8 Å².